The lowest BCUT2D eigenvalue weighted by Crippen LogP contribution is -2.55. The van der Waals surface area contributed by atoms with Gasteiger partial charge < -0.3 is 15.5 Å². The Labute approximate surface area is 123 Å². The van der Waals surface area contributed by atoms with Crippen LogP contribution in [-0.4, -0.2) is 36.5 Å². The summed E-state index contributed by atoms with van der Waals surface area (Å²) in [4.78, 5) is 24.6. The van der Waals surface area contributed by atoms with Gasteiger partial charge in [0.05, 0.1) is 4.92 Å². The zero-order chi connectivity index (χ0) is 15.4. The first-order chi connectivity index (χ1) is 10.1. The molecule has 0 saturated carbocycles. The third-order valence-electron chi connectivity index (χ3n) is 3.54. The average Bonchev–Trinajstić information content (AvgIpc) is 2.47. The van der Waals surface area contributed by atoms with E-state index in [1.165, 1.54) is 12.1 Å². The summed E-state index contributed by atoms with van der Waals surface area (Å²) < 4.78 is 0. The van der Waals surface area contributed by atoms with E-state index in [0.717, 1.165) is 0 Å². The number of nitro groups is 1. The van der Waals surface area contributed by atoms with Crippen LogP contribution in [0.15, 0.2) is 18.2 Å². The van der Waals surface area contributed by atoms with Crippen LogP contribution in [0, 0.1) is 10.1 Å². The zero-order valence-corrected chi connectivity index (χ0v) is 12.3. The van der Waals surface area contributed by atoms with Crippen LogP contribution in [0.4, 0.5) is 17.1 Å². The molecule has 1 heterocycles. The molecule has 2 rings (SSSR count). The summed E-state index contributed by atoms with van der Waals surface area (Å²) in [5, 5.41) is 17.0. The van der Waals surface area contributed by atoms with Gasteiger partial charge in [-0.2, -0.15) is 0 Å². The van der Waals surface area contributed by atoms with Crippen LogP contribution < -0.4 is 15.5 Å². The highest BCUT2D eigenvalue weighted by Crippen LogP contribution is 2.29. The fourth-order valence-electron chi connectivity index (χ4n) is 2.60. The molecule has 114 valence electrons. The molecule has 7 nitrogen and oxygen atoms in total. The Morgan fingerprint density at radius 3 is 2.81 bits per heavy atom. The van der Waals surface area contributed by atoms with Crippen LogP contribution in [0.25, 0.3) is 0 Å². The van der Waals surface area contributed by atoms with Crippen molar-refractivity contribution in [2.24, 2.45) is 0 Å². The van der Waals surface area contributed by atoms with Crippen molar-refractivity contribution in [1.82, 2.24) is 5.32 Å². The maximum Gasteiger partial charge on any atom is 0.273 e. The smallest absolute Gasteiger partial charge is 0.273 e. The molecule has 1 saturated heterocycles. The van der Waals surface area contributed by atoms with E-state index in [0.29, 0.717) is 37.4 Å². The van der Waals surface area contributed by atoms with E-state index in [4.69, 9.17) is 0 Å². The van der Waals surface area contributed by atoms with Crippen LogP contribution in [-0.2, 0) is 4.79 Å². The van der Waals surface area contributed by atoms with Crippen molar-refractivity contribution in [3.8, 4) is 0 Å². The number of hydrogen-bond acceptors (Lipinski definition) is 5. The Morgan fingerprint density at radius 2 is 2.19 bits per heavy atom. The number of rotatable bonds is 5. The zero-order valence-electron chi connectivity index (χ0n) is 12.3. The summed E-state index contributed by atoms with van der Waals surface area (Å²) in [5.41, 5.74) is 1.44. The second-order valence-corrected chi connectivity index (χ2v) is 4.93. The van der Waals surface area contributed by atoms with Crippen molar-refractivity contribution in [1.29, 1.82) is 0 Å². The van der Waals surface area contributed by atoms with Crippen LogP contribution in [0.5, 0.6) is 0 Å². The first-order valence-corrected chi connectivity index (χ1v) is 7.14. The Bertz CT molecular complexity index is 547. The van der Waals surface area contributed by atoms with Gasteiger partial charge in [-0.3, -0.25) is 14.9 Å². The molecule has 0 radical (unpaired) electrons. The molecule has 1 aromatic carbocycles. The number of non-ortho nitro benzene ring substituents is 1. The van der Waals surface area contributed by atoms with Crippen LogP contribution in [0.3, 0.4) is 0 Å². The maximum absolute atomic E-state index is 11.9. The molecule has 0 spiro atoms. The summed E-state index contributed by atoms with van der Waals surface area (Å²) >= 11 is 0. The molecule has 2 N–H and O–H groups in total. The minimum absolute atomic E-state index is 0.0275. The van der Waals surface area contributed by atoms with Crippen molar-refractivity contribution in [3.63, 3.8) is 0 Å². The van der Waals surface area contributed by atoms with Gasteiger partial charge in [0.2, 0.25) is 5.91 Å². The van der Waals surface area contributed by atoms with E-state index in [1.807, 2.05) is 24.8 Å². The molecule has 0 bridgehead atoms. The van der Waals surface area contributed by atoms with E-state index in [2.05, 4.69) is 10.6 Å². The number of nitro benzene ring substituents is 1. The molecule has 1 unspecified atom stereocenters. The second kappa shape index (κ2) is 6.43. The number of anilines is 2. The lowest BCUT2D eigenvalue weighted by atomic mass is 10.1. The van der Waals surface area contributed by atoms with E-state index in [-0.39, 0.29) is 17.6 Å². The summed E-state index contributed by atoms with van der Waals surface area (Å²) in [5.74, 6) is -0.0275. The number of piperazine rings is 1. The Balaban J connectivity index is 2.40. The molecule has 1 aliphatic rings. The Morgan fingerprint density at radius 1 is 1.43 bits per heavy atom. The predicted molar refractivity (Wildman–Crippen MR) is 81.7 cm³/mol. The Kier molecular flexibility index (Phi) is 4.62. The number of benzene rings is 1. The van der Waals surface area contributed by atoms with Crippen molar-refractivity contribution in [2.45, 2.75) is 26.3 Å². The van der Waals surface area contributed by atoms with Crippen LogP contribution >= 0.6 is 0 Å². The van der Waals surface area contributed by atoms with Gasteiger partial charge in [-0.05, 0) is 19.4 Å². The van der Waals surface area contributed by atoms with Gasteiger partial charge in [-0.15, -0.1) is 0 Å². The van der Waals surface area contributed by atoms with Gasteiger partial charge in [-0.25, -0.2) is 0 Å². The fraction of sp³-hybridized carbons (Fsp3) is 0.500. The highest BCUT2D eigenvalue weighted by molar-refractivity contribution is 5.87. The average molecular weight is 292 g/mol. The van der Waals surface area contributed by atoms with Gasteiger partial charge in [0.1, 0.15) is 6.04 Å². The van der Waals surface area contributed by atoms with Crippen molar-refractivity contribution >= 4 is 23.0 Å². The second-order valence-electron chi connectivity index (χ2n) is 4.93. The predicted octanol–water partition coefficient (Wildman–Crippen LogP) is 1.74. The largest absolute Gasteiger partial charge is 0.385 e. The number of nitrogens with zero attached hydrogens (tertiary/aromatic N) is 2. The first kappa shape index (κ1) is 15.1. The standard InChI is InChI=1S/C14H20N4O3/c1-3-13-14(19)16-5-6-17(13)11-7-10(15-4-2)8-12(9-11)18(20)21/h7-9,13,15H,3-6H2,1-2H3,(H,16,19). The quantitative estimate of drug-likeness (QED) is 0.637. The van der Waals surface area contributed by atoms with Gasteiger partial charge in [0.15, 0.2) is 0 Å². The summed E-state index contributed by atoms with van der Waals surface area (Å²) in [6.45, 7) is 5.75. The fourth-order valence-corrected chi connectivity index (χ4v) is 2.60. The SMILES string of the molecule is CCNc1cc(N2CCNC(=O)C2CC)cc([N+](=O)[O-])c1. The van der Waals surface area contributed by atoms with Crippen molar-refractivity contribution in [3.05, 3.63) is 28.3 Å². The number of carbonyl (C=O) groups is 1. The molecule has 1 amide bonds. The molecule has 1 aromatic rings. The minimum Gasteiger partial charge on any atom is -0.385 e. The molecule has 0 aliphatic carbocycles. The maximum atomic E-state index is 11.9. The third-order valence-corrected chi connectivity index (χ3v) is 3.54. The lowest BCUT2D eigenvalue weighted by Gasteiger charge is -2.36. The first-order valence-electron chi connectivity index (χ1n) is 7.14. The monoisotopic (exact) mass is 292 g/mol. The summed E-state index contributed by atoms with van der Waals surface area (Å²) in [7, 11) is 0. The van der Waals surface area contributed by atoms with Gasteiger partial charge in [-0.1, -0.05) is 6.92 Å². The molecule has 0 aromatic heterocycles. The van der Waals surface area contributed by atoms with E-state index in [9.17, 15) is 14.9 Å². The van der Waals surface area contributed by atoms with E-state index in [1.54, 1.807) is 0 Å². The van der Waals surface area contributed by atoms with E-state index >= 15 is 0 Å². The van der Waals surface area contributed by atoms with Gasteiger partial charge in [0, 0.05) is 43.1 Å². The molecular weight excluding hydrogens is 272 g/mol. The summed E-state index contributed by atoms with van der Waals surface area (Å²) in [6, 6.07) is 4.62. The Hall–Kier alpha value is -2.31. The number of hydrogen-bond donors (Lipinski definition) is 2. The molecule has 21 heavy (non-hydrogen) atoms. The van der Waals surface area contributed by atoms with Crippen molar-refractivity contribution < 1.29 is 9.72 Å². The highest BCUT2D eigenvalue weighted by Gasteiger charge is 2.29. The van der Waals surface area contributed by atoms with E-state index < -0.39 is 4.92 Å². The van der Waals surface area contributed by atoms with Gasteiger partial charge in [0.25, 0.3) is 5.69 Å². The molecule has 1 atom stereocenters. The number of amides is 1. The van der Waals surface area contributed by atoms with Crippen LogP contribution in [0.1, 0.15) is 20.3 Å². The lowest BCUT2D eigenvalue weighted by molar-refractivity contribution is -0.384. The van der Waals surface area contributed by atoms with Crippen LogP contribution in [0.2, 0.25) is 0 Å². The van der Waals surface area contributed by atoms with Crippen molar-refractivity contribution in [2.75, 3.05) is 29.9 Å². The van der Waals surface area contributed by atoms with Gasteiger partial charge >= 0.3 is 0 Å². The number of nitrogens with one attached hydrogen (secondary N) is 2. The minimum atomic E-state index is -0.407. The molecule has 1 aliphatic heterocycles. The summed E-state index contributed by atoms with van der Waals surface area (Å²) in [6.07, 6.45) is 0.658. The normalized spacial score (nSPS) is 18.3. The molecular formula is C14H20N4O3. The number of carbonyl (C=O) groups excluding carboxylic acids is 1. The third kappa shape index (κ3) is 3.24. The molecule has 7 heteroatoms. The molecule has 1 fully saturated rings. The highest BCUT2D eigenvalue weighted by atomic mass is 16.6. The topological polar surface area (TPSA) is 87.5 Å².